The van der Waals surface area contributed by atoms with Gasteiger partial charge >= 0.3 is 0 Å². The Labute approximate surface area is 249 Å². The monoisotopic (exact) mass is 629 g/mol. The first-order chi connectivity index (χ1) is 20.0. The number of nitrogens with one attached hydrogen (secondary N) is 2. The Morgan fingerprint density at radius 2 is 1.90 bits per heavy atom. The second-order valence-electron chi connectivity index (χ2n) is 12.1. The van der Waals surface area contributed by atoms with E-state index in [9.17, 15) is 23.5 Å². The molecule has 13 heteroatoms. The predicted octanol–water partition coefficient (Wildman–Crippen LogP) is 4.82. The van der Waals surface area contributed by atoms with Crippen molar-refractivity contribution in [3.05, 3.63) is 57.3 Å². The molecular formula is C29H29Cl2F4N3O4. The molecule has 0 radical (unpaired) electrons. The van der Waals surface area contributed by atoms with Crippen LogP contribution in [0, 0.1) is 23.0 Å². The second-order valence-corrected chi connectivity index (χ2v) is 12.9. The molecule has 1 aromatic carbocycles. The first-order valence-corrected chi connectivity index (χ1v) is 14.6. The normalized spacial score (nSPS) is 30.8. The number of halogens is 6. The molecule has 6 rings (SSSR count). The van der Waals surface area contributed by atoms with E-state index in [0.717, 1.165) is 6.07 Å². The minimum absolute atomic E-state index is 0.000268. The van der Waals surface area contributed by atoms with Crippen LogP contribution >= 0.6 is 23.2 Å². The number of ether oxygens (including phenoxy) is 1. The number of nitrogens with zero attached hydrogens (tertiary/aromatic N) is 1. The molecule has 2 spiro atoms. The lowest BCUT2D eigenvalue weighted by molar-refractivity contribution is -0.131. The maximum Gasteiger partial charge on any atom is 0.237 e. The highest BCUT2D eigenvalue weighted by atomic mass is 35.5. The SMILES string of the molecule is O=C(C[C@@H]1CC[C@@H](CO)OC1)[C@@H]1NC2(CC(CF)(CF)C2)[C@@]2(C(=O)Nc3cc(Cl)c(F)cc32)[C@H]1c1ccnc(Cl)c1F. The number of ketones is 1. The zero-order chi connectivity index (χ0) is 30.0. The molecule has 1 aliphatic carbocycles. The standard InChI is InChI=1S/C29H29Cl2F4N3O4/c30-18-7-20-17(6-19(18)34)29(26(41)37-20)22(16-3-4-36-25(31)23(16)35)24(38-28(29)10-27(11-28,12-32)13-33)21(40)5-14-1-2-15(8-39)42-9-14/h3-4,6-7,14-15,22,24,38-39H,1-2,5,8-13H2,(H,37,41)/t14-,15-,22-,24-,29+/m0/s1. The van der Waals surface area contributed by atoms with Gasteiger partial charge in [-0.3, -0.25) is 23.7 Å². The lowest BCUT2D eigenvalue weighted by Crippen LogP contribution is -2.70. The van der Waals surface area contributed by atoms with Gasteiger partial charge in [0, 0.05) is 35.2 Å². The van der Waals surface area contributed by atoms with E-state index in [0.29, 0.717) is 12.8 Å². The Morgan fingerprint density at radius 3 is 2.55 bits per heavy atom. The molecule has 4 heterocycles. The van der Waals surface area contributed by atoms with Crippen molar-refractivity contribution < 1.29 is 37.0 Å². The summed E-state index contributed by atoms with van der Waals surface area (Å²) in [4.78, 5) is 32.2. The number of carbonyl (C=O) groups excluding carboxylic acids is 2. The van der Waals surface area contributed by atoms with Crippen LogP contribution in [0.15, 0.2) is 24.4 Å². The smallest absolute Gasteiger partial charge is 0.237 e. The number of hydrogen-bond donors (Lipinski definition) is 3. The summed E-state index contributed by atoms with van der Waals surface area (Å²) >= 11 is 12.1. The van der Waals surface area contributed by atoms with Crippen LogP contribution in [-0.2, 0) is 19.7 Å². The number of aromatic nitrogens is 1. The van der Waals surface area contributed by atoms with Crippen LogP contribution in [0.4, 0.5) is 23.2 Å². The fourth-order valence-electron chi connectivity index (χ4n) is 7.91. The molecule has 1 aromatic heterocycles. The highest BCUT2D eigenvalue weighted by molar-refractivity contribution is 6.31. The molecule has 0 bridgehead atoms. The number of rotatable bonds is 7. The zero-order valence-electron chi connectivity index (χ0n) is 22.4. The summed E-state index contributed by atoms with van der Waals surface area (Å²) in [6, 6.07) is 2.43. The van der Waals surface area contributed by atoms with E-state index in [1.54, 1.807) is 0 Å². The van der Waals surface area contributed by atoms with Crippen molar-refractivity contribution in [1.29, 1.82) is 0 Å². The van der Waals surface area contributed by atoms with Gasteiger partial charge in [-0.1, -0.05) is 23.2 Å². The zero-order valence-corrected chi connectivity index (χ0v) is 23.9. The third-order valence-electron chi connectivity index (χ3n) is 9.72. The van der Waals surface area contributed by atoms with Crippen molar-refractivity contribution in [2.45, 2.75) is 61.1 Å². The van der Waals surface area contributed by atoms with Gasteiger partial charge in [-0.15, -0.1) is 0 Å². The van der Waals surface area contributed by atoms with Crippen molar-refractivity contribution in [3.8, 4) is 0 Å². The molecule has 5 atom stereocenters. The number of hydrogen-bond acceptors (Lipinski definition) is 6. The molecule has 2 aromatic rings. The first-order valence-electron chi connectivity index (χ1n) is 13.8. The minimum Gasteiger partial charge on any atom is -0.394 e. The quantitative estimate of drug-likeness (QED) is 0.300. The van der Waals surface area contributed by atoms with E-state index in [-0.39, 0.29) is 72.1 Å². The van der Waals surface area contributed by atoms with Crippen LogP contribution in [0.3, 0.4) is 0 Å². The molecule has 1 saturated carbocycles. The number of benzene rings is 1. The van der Waals surface area contributed by atoms with E-state index >= 15 is 8.78 Å². The van der Waals surface area contributed by atoms with E-state index < -0.39 is 64.4 Å². The van der Waals surface area contributed by atoms with Gasteiger partial charge in [-0.25, -0.2) is 13.8 Å². The van der Waals surface area contributed by atoms with Gasteiger partial charge in [-0.2, -0.15) is 0 Å². The van der Waals surface area contributed by atoms with Gasteiger partial charge in [0.05, 0.1) is 43.7 Å². The van der Waals surface area contributed by atoms with Crippen LogP contribution < -0.4 is 10.6 Å². The molecule has 3 fully saturated rings. The van der Waals surface area contributed by atoms with Crippen molar-refractivity contribution in [2.75, 3.05) is 31.9 Å². The Hall–Kier alpha value is -2.31. The molecule has 226 valence electrons. The highest BCUT2D eigenvalue weighted by Gasteiger charge is 2.78. The number of alkyl halides is 2. The van der Waals surface area contributed by atoms with Crippen LogP contribution in [0.2, 0.25) is 10.2 Å². The summed E-state index contributed by atoms with van der Waals surface area (Å²) in [5, 5.41) is 14.6. The van der Waals surface area contributed by atoms with Gasteiger partial charge in [0.15, 0.2) is 16.8 Å². The van der Waals surface area contributed by atoms with Crippen LogP contribution in [0.25, 0.3) is 0 Å². The average Bonchev–Trinajstić information content (AvgIpc) is 3.42. The number of carbonyl (C=O) groups is 2. The number of fused-ring (bicyclic) bond motifs is 3. The summed E-state index contributed by atoms with van der Waals surface area (Å²) in [5.74, 6) is -4.32. The third-order valence-corrected chi connectivity index (χ3v) is 10.3. The van der Waals surface area contributed by atoms with E-state index in [1.165, 1.54) is 18.3 Å². The average molecular weight is 630 g/mol. The number of Topliss-reactive ketones (excluding diaryl/α,β-unsaturated/α-hetero) is 1. The maximum atomic E-state index is 15.8. The van der Waals surface area contributed by atoms with E-state index in [2.05, 4.69) is 15.6 Å². The van der Waals surface area contributed by atoms with E-state index in [1.807, 2.05) is 0 Å². The molecule has 3 N–H and O–H groups in total. The Bertz CT molecular complexity index is 1430. The summed E-state index contributed by atoms with van der Waals surface area (Å²) < 4.78 is 65.1. The molecule has 1 amide bonds. The van der Waals surface area contributed by atoms with Gasteiger partial charge in [-0.05, 0) is 60.9 Å². The lowest BCUT2D eigenvalue weighted by Gasteiger charge is -2.59. The Morgan fingerprint density at radius 1 is 1.17 bits per heavy atom. The molecule has 2 saturated heterocycles. The first kappa shape index (κ1) is 29.7. The number of aliphatic hydroxyl groups excluding tert-OH is 1. The highest BCUT2D eigenvalue weighted by Crippen LogP contribution is 2.69. The molecule has 3 aliphatic heterocycles. The van der Waals surface area contributed by atoms with E-state index in [4.69, 9.17) is 27.9 Å². The molecular weight excluding hydrogens is 601 g/mol. The molecule has 42 heavy (non-hydrogen) atoms. The van der Waals surface area contributed by atoms with Crippen molar-refractivity contribution >= 4 is 40.6 Å². The number of pyridine rings is 1. The number of anilines is 1. The number of amides is 1. The van der Waals surface area contributed by atoms with Gasteiger partial charge in [0.2, 0.25) is 5.91 Å². The maximum absolute atomic E-state index is 15.8. The molecule has 0 unspecified atom stereocenters. The van der Waals surface area contributed by atoms with Gasteiger partial charge in [0.1, 0.15) is 11.2 Å². The summed E-state index contributed by atoms with van der Waals surface area (Å²) in [6.45, 7) is -1.95. The molecule has 7 nitrogen and oxygen atoms in total. The third kappa shape index (κ3) is 4.22. The van der Waals surface area contributed by atoms with Crippen LogP contribution in [-0.4, -0.2) is 66.0 Å². The predicted molar refractivity (Wildman–Crippen MR) is 146 cm³/mol. The fraction of sp³-hybridized carbons (Fsp3) is 0.552. The van der Waals surface area contributed by atoms with Crippen molar-refractivity contribution in [3.63, 3.8) is 0 Å². The molecule has 4 aliphatic rings. The van der Waals surface area contributed by atoms with Gasteiger partial charge < -0.3 is 15.2 Å². The van der Waals surface area contributed by atoms with Crippen LogP contribution in [0.1, 0.15) is 49.1 Å². The Balaban J connectivity index is 1.52. The van der Waals surface area contributed by atoms with Crippen LogP contribution in [0.5, 0.6) is 0 Å². The number of aliphatic hydroxyl groups is 1. The topological polar surface area (TPSA) is 101 Å². The second kappa shape index (κ2) is 10.7. The fourth-order valence-corrected chi connectivity index (χ4v) is 8.24. The largest absolute Gasteiger partial charge is 0.394 e. The lowest BCUT2D eigenvalue weighted by atomic mass is 9.46. The summed E-state index contributed by atoms with van der Waals surface area (Å²) in [5.41, 5.74) is -4.53. The van der Waals surface area contributed by atoms with Crippen molar-refractivity contribution in [1.82, 2.24) is 10.3 Å². The summed E-state index contributed by atoms with van der Waals surface area (Å²) in [7, 11) is 0. The minimum atomic E-state index is -1.85. The Kier molecular flexibility index (Phi) is 7.57. The van der Waals surface area contributed by atoms with Crippen molar-refractivity contribution in [2.24, 2.45) is 11.3 Å². The summed E-state index contributed by atoms with van der Waals surface area (Å²) in [6.07, 6.45) is 1.67. The van der Waals surface area contributed by atoms with Gasteiger partial charge in [0.25, 0.3) is 0 Å².